The molecule has 2 rings (SSSR count). The molecule has 0 bridgehead atoms. The largest absolute Gasteiger partial charge is 0.493 e. The SMILES string of the molecule is COc1cc(C(=O)Oc2ccccn2)cc(OC)c1OC. The number of carbonyl (C=O) groups is 1. The number of methoxy groups -OCH3 is 3. The second kappa shape index (κ2) is 6.60. The molecule has 1 heterocycles. The van der Waals surface area contributed by atoms with Crippen LogP contribution in [0.4, 0.5) is 0 Å². The maximum absolute atomic E-state index is 12.1. The van der Waals surface area contributed by atoms with Crippen LogP contribution in [0.5, 0.6) is 23.1 Å². The Hall–Kier alpha value is -2.76. The molecule has 2 aromatic rings. The first-order valence-corrected chi connectivity index (χ1v) is 6.12. The second-order valence-corrected chi connectivity index (χ2v) is 3.97. The monoisotopic (exact) mass is 289 g/mol. The van der Waals surface area contributed by atoms with Gasteiger partial charge >= 0.3 is 5.97 Å². The fourth-order valence-electron chi connectivity index (χ4n) is 1.76. The van der Waals surface area contributed by atoms with Gasteiger partial charge in [-0.3, -0.25) is 0 Å². The van der Waals surface area contributed by atoms with E-state index in [1.54, 1.807) is 18.2 Å². The minimum Gasteiger partial charge on any atom is -0.493 e. The molecule has 0 saturated carbocycles. The quantitative estimate of drug-likeness (QED) is 0.787. The molecule has 1 aromatic carbocycles. The Morgan fingerprint density at radius 3 is 2.14 bits per heavy atom. The summed E-state index contributed by atoms with van der Waals surface area (Å²) in [5.41, 5.74) is 0.273. The maximum atomic E-state index is 12.1. The van der Waals surface area contributed by atoms with E-state index in [4.69, 9.17) is 18.9 Å². The Labute approximate surface area is 122 Å². The predicted molar refractivity (Wildman–Crippen MR) is 75.3 cm³/mol. The van der Waals surface area contributed by atoms with Gasteiger partial charge in [-0.1, -0.05) is 6.07 Å². The zero-order valence-corrected chi connectivity index (χ0v) is 12.0. The lowest BCUT2D eigenvalue weighted by molar-refractivity contribution is 0.0726. The number of hydrogen-bond donors (Lipinski definition) is 0. The average molecular weight is 289 g/mol. The summed E-state index contributed by atoms with van der Waals surface area (Å²) in [4.78, 5) is 16.1. The molecule has 110 valence electrons. The van der Waals surface area contributed by atoms with Crippen molar-refractivity contribution in [1.82, 2.24) is 4.98 Å². The molecule has 6 nitrogen and oxygen atoms in total. The summed E-state index contributed by atoms with van der Waals surface area (Å²) < 4.78 is 20.8. The first kappa shape index (κ1) is 14.6. The van der Waals surface area contributed by atoms with Crippen LogP contribution in [0.25, 0.3) is 0 Å². The third-order valence-corrected chi connectivity index (χ3v) is 2.74. The molecular formula is C15H15NO5. The van der Waals surface area contributed by atoms with Crippen molar-refractivity contribution >= 4 is 5.97 Å². The van der Waals surface area contributed by atoms with Crippen LogP contribution in [0.1, 0.15) is 10.4 Å². The van der Waals surface area contributed by atoms with Crippen LogP contribution in [0.2, 0.25) is 0 Å². The number of benzene rings is 1. The van der Waals surface area contributed by atoms with E-state index in [-0.39, 0.29) is 11.4 Å². The van der Waals surface area contributed by atoms with Gasteiger partial charge in [0.15, 0.2) is 11.5 Å². The molecule has 0 atom stereocenters. The van der Waals surface area contributed by atoms with Gasteiger partial charge in [0.05, 0.1) is 26.9 Å². The highest BCUT2D eigenvalue weighted by Gasteiger charge is 2.18. The minimum atomic E-state index is -0.562. The summed E-state index contributed by atoms with van der Waals surface area (Å²) in [6, 6.07) is 8.09. The number of carbonyl (C=O) groups excluding carboxylic acids is 1. The molecule has 21 heavy (non-hydrogen) atoms. The van der Waals surface area contributed by atoms with Crippen LogP contribution < -0.4 is 18.9 Å². The maximum Gasteiger partial charge on any atom is 0.345 e. The number of pyridine rings is 1. The molecule has 0 aliphatic carbocycles. The van der Waals surface area contributed by atoms with Crippen molar-refractivity contribution in [2.75, 3.05) is 21.3 Å². The first-order chi connectivity index (χ1) is 10.2. The number of hydrogen-bond acceptors (Lipinski definition) is 6. The molecule has 0 saturated heterocycles. The van der Waals surface area contributed by atoms with Crippen LogP contribution in [0, 0.1) is 0 Å². The van der Waals surface area contributed by atoms with E-state index < -0.39 is 5.97 Å². The summed E-state index contributed by atoms with van der Waals surface area (Å²) >= 11 is 0. The van der Waals surface area contributed by atoms with Crippen LogP contribution in [0.3, 0.4) is 0 Å². The average Bonchev–Trinajstić information content (AvgIpc) is 2.54. The van der Waals surface area contributed by atoms with E-state index in [9.17, 15) is 4.79 Å². The van der Waals surface area contributed by atoms with Crippen molar-refractivity contribution in [2.45, 2.75) is 0 Å². The molecule has 0 amide bonds. The summed E-state index contributed by atoms with van der Waals surface area (Å²) in [6.07, 6.45) is 1.54. The smallest absolute Gasteiger partial charge is 0.345 e. The lowest BCUT2D eigenvalue weighted by Gasteiger charge is -2.13. The Bertz CT molecular complexity index is 602. The van der Waals surface area contributed by atoms with E-state index in [0.29, 0.717) is 17.2 Å². The highest BCUT2D eigenvalue weighted by molar-refractivity contribution is 5.92. The lowest BCUT2D eigenvalue weighted by atomic mass is 10.2. The Morgan fingerprint density at radius 2 is 1.67 bits per heavy atom. The topological polar surface area (TPSA) is 66.9 Å². The number of rotatable bonds is 5. The molecule has 0 aliphatic heterocycles. The first-order valence-electron chi connectivity index (χ1n) is 6.12. The van der Waals surface area contributed by atoms with Gasteiger partial charge < -0.3 is 18.9 Å². The van der Waals surface area contributed by atoms with Gasteiger partial charge in [-0.25, -0.2) is 9.78 Å². The van der Waals surface area contributed by atoms with Gasteiger partial charge in [-0.2, -0.15) is 0 Å². The molecular weight excluding hydrogens is 274 g/mol. The van der Waals surface area contributed by atoms with Crippen molar-refractivity contribution in [3.05, 3.63) is 42.1 Å². The van der Waals surface area contributed by atoms with E-state index in [1.807, 2.05) is 0 Å². The van der Waals surface area contributed by atoms with E-state index in [2.05, 4.69) is 4.98 Å². The molecule has 0 fully saturated rings. The van der Waals surface area contributed by atoms with E-state index in [1.165, 1.54) is 39.7 Å². The third-order valence-electron chi connectivity index (χ3n) is 2.74. The van der Waals surface area contributed by atoms with Crippen molar-refractivity contribution in [3.8, 4) is 23.1 Å². The van der Waals surface area contributed by atoms with E-state index >= 15 is 0 Å². The van der Waals surface area contributed by atoms with E-state index in [0.717, 1.165) is 0 Å². The Kier molecular flexibility index (Phi) is 4.61. The molecule has 6 heteroatoms. The van der Waals surface area contributed by atoms with Crippen LogP contribution in [-0.2, 0) is 0 Å². The normalized spacial score (nSPS) is 9.86. The summed E-state index contributed by atoms with van der Waals surface area (Å²) in [5.74, 6) is 0.827. The van der Waals surface area contributed by atoms with Gasteiger partial charge in [-0.05, 0) is 18.2 Å². The zero-order chi connectivity index (χ0) is 15.2. The highest BCUT2D eigenvalue weighted by atomic mass is 16.5. The number of ether oxygens (including phenoxy) is 4. The van der Waals surface area contributed by atoms with Crippen LogP contribution >= 0.6 is 0 Å². The van der Waals surface area contributed by atoms with Crippen molar-refractivity contribution in [2.24, 2.45) is 0 Å². The van der Waals surface area contributed by atoms with Gasteiger partial charge in [-0.15, -0.1) is 0 Å². The van der Waals surface area contributed by atoms with Crippen LogP contribution in [-0.4, -0.2) is 32.3 Å². The van der Waals surface area contributed by atoms with Gasteiger partial charge in [0.25, 0.3) is 0 Å². The Morgan fingerprint density at radius 1 is 1.00 bits per heavy atom. The number of aromatic nitrogens is 1. The second-order valence-electron chi connectivity index (χ2n) is 3.97. The third kappa shape index (κ3) is 3.22. The molecule has 0 unspecified atom stereocenters. The minimum absolute atomic E-state index is 0.219. The molecule has 0 N–H and O–H groups in total. The van der Waals surface area contributed by atoms with Crippen LogP contribution in [0.15, 0.2) is 36.5 Å². The standard InChI is InChI=1S/C15H15NO5/c1-18-11-8-10(9-12(19-2)14(11)20-3)15(17)21-13-6-4-5-7-16-13/h4-9H,1-3H3. The lowest BCUT2D eigenvalue weighted by Crippen LogP contribution is -2.10. The molecule has 0 radical (unpaired) electrons. The Balaban J connectivity index is 2.33. The number of esters is 1. The predicted octanol–water partition coefficient (Wildman–Crippen LogP) is 2.33. The molecule has 0 spiro atoms. The van der Waals surface area contributed by atoms with Gasteiger partial charge in [0.2, 0.25) is 11.6 Å². The van der Waals surface area contributed by atoms with Gasteiger partial charge in [0, 0.05) is 12.3 Å². The summed E-state index contributed by atoms with van der Waals surface area (Å²) in [6.45, 7) is 0. The summed E-state index contributed by atoms with van der Waals surface area (Å²) in [7, 11) is 4.45. The van der Waals surface area contributed by atoms with Gasteiger partial charge in [0.1, 0.15) is 0 Å². The van der Waals surface area contributed by atoms with Crippen molar-refractivity contribution < 1.29 is 23.7 Å². The fraction of sp³-hybridized carbons (Fsp3) is 0.200. The van der Waals surface area contributed by atoms with Crippen molar-refractivity contribution in [3.63, 3.8) is 0 Å². The molecule has 0 aliphatic rings. The van der Waals surface area contributed by atoms with Crippen molar-refractivity contribution in [1.29, 1.82) is 0 Å². The molecule has 1 aromatic heterocycles. The fourth-order valence-corrected chi connectivity index (χ4v) is 1.76. The highest BCUT2D eigenvalue weighted by Crippen LogP contribution is 2.38. The zero-order valence-electron chi connectivity index (χ0n) is 12.0. The number of nitrogens with zero attached hydrogens (tertiary/aromatic N) is 1. The summed E-state index contributed by atoms with van der Waals surface area (Å²) in [5, 5.41) is 0.